The predicted molar refractivity (Wildman–Crippen MR) is 387 cm³/mol. The Bertz CT molecular complexity index is 4460. The van der Waals surface area contributed by atoms with Crippen LogP contribution in [0.25, 0.3) is 33.8 Å². The van der Waals surface area contributed by atoms with Gasteiger partial charge in [0.05, 0.1) is 74.8 Å². The van der Waals surface area contributed by atoms with Gasteiger partial charge in [-0.2, -0.15) is 30.7 Å². The second kappa shape index (κ2) is 29.3. The van der Waals surface area contributed by atoms with E-state index in [1.54, 1.807) is 42.5 Å². The molecule has 564 valence electrons. The Labute approximate surface area is 617 Å². The van der Waals surface area contributed by atoms with Crippen LogP contribution in [0.5, 0.6) is 17.6 Å². The zero-order valence-corrected chi connectivity index (χ0v) is 60.9. The fourth-order valence-electron chi connectivity index (χ4n) is 13.6. The van der Waals surface area contributed by atoms with E-state index in [1.165, 1.54) is 30.6 Å². The van der Waals surface area contributed by atoms with Gasteiger partial charge in [-0.25, -0.2) is 0 Å². The van der Waals surface area contributed by atoms with E-state index in [9.17, 15) is 45.1 Å². The number of alkyl halides is 7. The number of fused-ring (bicyclic) bond motifs is 9. The number of aromatic nitrogens is 9. The summed E-state index contributed by atoms with van der Waals surface area (Å²) in [7, 11) is 0. The summed E-state index contributed by atoms with van der Waals surface area (Å²) in [4.78, 5) is 55.6. The highest BCUT2D eigenvalue weighted by molar-refractivity contribution is 6.06. The number of hydrogen-bond acceptors (Lipinski definition) is 21. The lowest BCUT2D eigenvalue weighted by molar-refractivity contribution is -0.141. The normalized spacial score (nSPS) is 18.6. The number of nitrogens with one attached hydrogen (secondary N) is 3. The third kappa shape index (κ3) is 16.0. The summed E-state index contributed by atoms with van der Waals surface area (Å²) in [5.74, 6) is -6.59. The number of morpholine rings is 3. The maximum atomic E-state index is 13.6. The van der Waals surface area contributed by atoms with Crippen LogP contribution in [0.4, 0.5) is 64.9 Å². The van der Waals surface area contributed by atoms with Crippen LogP contribution in [0.3, 0.4) is 0 Å². The highest BCUT2D eigenvalue weighted by Crippen LogP contribution is 2.46. The van der Waals surface area contributed by atoms with Crippen molar-refractivity contribution in [3.8, 4) is 51.4 Å². The number of amides is 3. The third-order valence-electron chi connectivity index (χ3n) is 19.6. The number of carbonyl (C=O) groups excluding carboxylic acids is 3. The molecule has 108 heavy (non-hydrogen) atoms. The quantitative estimate of drug-likeness (QED) is 0.102. The van der Waals surface area contributed by atoms with Crippen molar-refractivity contribution in [2.45, 2.75) is 129 Å². The van der Waals surface area contributed by atoms with Crippen molar-refractivity contribution < 1.29 is 73.5 Å². The number of carbonyl (C=O) groups is 3. The van der Waals surface area contributed by atoms with Crippen LogP contribution in [0.15, 0.2) is 128 Å². The Balaban J connectivity index is 0.000000143. The second-order valence-corrected chi connectivity index (χ2v) is 28.7. The first-order chi connectivity index (χ1) is 51.1. The number of rotatable bonds is 11. The molecule has 9 aromatic rings. The Morgan fingerprint density at radius 1 is 0.407 bits per heavy atom. The number of aryl methyl sites for hydroxylation is 3. The first kappa shape index (κ1) is 75.2. The molecule has 3 N–H and O–H groups in total. The molecule has 0 saturated carbocycles. The molecule has 31 heteroatoms. The van der Waals surface area contributed by atoms with Crippen LogP contribution in [0.1, 0.15) is 120 Å². The van der Waals surface area contributed by atoms with E-state index >= 15 is 0 Å². The Kier molecular flexibility index (Phi) is 20.4. The molecule has 3 saturated heterocycles. The Morgan fingerprint density at radius 2 is 0.694 bits per heavy atom. The van der Waals surface area contributed by atoms with Gasteiger partial charge in [0.25, 0.3) is 47.2 Å². The van der Waals surface area contributed by atoms with Crippen molar-refractivity contribution >= 4 is 51.8 Å². The fourth-order valence-corrected chi connectivity index (χ4v) is 13.6. The van der Waals surface area contributed by atoms with E-state index in [-0.39, 0.29) is 34.8 Å². The van der Waals surface area contributed by atoms with Crippen molar-refractivity contribution in [2.24, 2.45) is 0 Å². The van der Waals surface area contributed by atoms with Gasteiger partial charge in [-0.05, 0) is 170 Å². The van der Waals surface area contributed by atoms with E-state index in [2.05, 4.69) is 76.2 Å². The molecule has 2 unspecified atom stereocenters. The van der Waals surface area contributed by atoms with Gasteiger partial charge in [0, 0.05) is 103 Å². The van der Waals surface area contributed by atoms with E-state index < -0.39 is 69.6 Å². The van der Waals surface area contributed by atoms with Gasteiger partial charge in [0.15, 0.2) is 0 Å². The summed E-state index contributed by atoms with van der Waals surface area (Å²) in [6.07, 6.45) is -1.28. The SMILES string of the molecule is Cc1ccc(NC(=O)c2ccnc(C(C)(F)F)c2)cc1-c1cc2c(nn1)OC(C)(C)C1COCCN21.Cc1ccc(NC(=O)c2ccnc(C(C)(F)F)c2)cc1-c1cc2c(nn1)OC(C)(C)[C@H]1COCCN21.Cc1ccc(NC(=O)c2ccnc(C(F)(F)F)c2)cc1-c1cc2c(nn1)OC(C)(C)C1COCCN21. The smallest absolute Gasteiger partial charge is 0.433 e. The number of pyridine rings is 3. The van der Waals surface area contributed by atoms with E-state index in [1.807, 2.05) is 92.6 Å². The van der Waals surface area contributed by atoms with Crippen LogP contribution < -0.4 is 44.9 Å². The molecule has 3 fully saturated rings. The first-order valence-electron chi connectivity index (χ1n) is 34.8. The number of anilines is 6. The first-order valence-corrected chi connectivity index (χ1v) is 34.8. The molecule has 12 heterocycles. The van der Waals surface area contributed by atoms with Crippen molar-refractivity contribution in [1.29, 1.82) is 0 Å². The number of nitrogens with zero attached hydrogens (tertiary/aromatic N) is 12. The minimum atomic E-state index is -4.64. The van der Waals surface area contributed by atoms with Gasteiger partial charge in [0.2, 0.25) is 0 Å². The van der Waals surface area contributed by atoms with Gasteiger partial charge in [-0.15, -0.1) is 30.6 Å². The second-order valence-electron chi connectivity index (χ2n) is 28.7. The van der Waals surface area contributed by atoms with Gasteiger partial charge in [-0.1, -0.05) is 18.2 Å². The van der Waals surface area contributed by atoms with Crippen LogP contribution >= 0.6 is 0 Å². The zero-order valence-electron chi connectivity index (χ0n) is 60.9. The lowest BCUT2D eigenvalue weighted by Gasteiger charge is -2.49. The maximum Gasteiger partial charge on any atom is 0.433 e. The number of benzene rings is 3. The van der Waals surface area contributed by atoms with Crippen molar-refractivity contribution in [1.82, 2.24) is 45.5 Å². The molecule has 0 spiro atoms. The molecule has 0 aliphatic carbocycles. The molecule has 3 atom stereocenters. The lowest BCUT2D eigenvalue weighted by Crippen LogP contribution is -2.61. The van der Waals surface area contributed by atoms with E-state index in [4.69, 9.17) is 28.4 Å². The molecule has 0 radical (unpaired) electrons. The largest absolute Gasteiger partial charge is 0.467 e. The van der Waals surface area contributed by atoms with Crippen molar-refractivity contribution in [2.75, 3.05) is 89.9 Å². The summed E-state index contributed by atoms with van der Waals surface area (Å²) < 4.78 is 129. The minimum absolute atomic E-state index is 0.0180. The number of halogens is 7. The summed E-state index contributed by atoms with van der Waals surface area (Å²) in [6.45, 7) is 24.9. The van der Waals surface area contributed by atoms with E-state index in [0.717, 1.165) is 102 Å². The molecule has 3 aromatic carbocycles. The van der Waals surface area contributed by atoms with Gasteiger partial charge < -0.3 is 59.1 Å². The molecular weight excluding hydrogens is 1410 g/mol. The molecule has 6 aliphatic rings. The van der Waals surface area contributed by atoms with Gasteiger partial charge >= 0.3 is 6.18 Å². The minimum Gasteiger partial charge on any atom is -0.467 e. The Hall–Kier alpha value is -11.1. The monoisotopic (exact) mass is 1490 g/mol. The standard InChI is InChI=1S/2C26H27F2N5O3.C25H24F3N5O3/c2*1-15-5-6-17(30-23(34)16-7-8-29-21(11-16)26(4,27)28)12-18(15)19-13-20-24(32-31-19)36-25(2,3)22-14-35-10-9-33(20)22;1-14-4-5-16(30-22(34)15-6-7-29-20(10-15)25(26,27)28)11-17(14)18-12-19-23(32-31-18)36-24(2,3)21-13-35-9-8-33(19)21/h2*5-8,11-13,22H,9-10,14H2,1-4H3,(H,30,34);4-7,10-12,21H,8-9,13H2,1-3H3,(H,30,34)/t22-;;/m1../s1. The fraction of sp³-hybridized carbons (Fsp3) is 0.377. The van der Waals surface area contributed by atoms with Crippen LogP contribution in [-0.4, -0.2) is 157 Å². The lowest BCUT2D eigenvalue weighted by atomic mass is 9.94. The van der Waals surface area contributed by atoms with Crippen LogP contribution in [-0.2, 0) is 32.2 Å². The van der Waals surface area contributed by atoms with Crippen LogP contribution in [0, 0.1) is 20.8 Å². The molecule has 0 bridgehead atoms. The maximum absolute atomic E-state index is 13.6. The van der Waals surface area contributed by atoms with Crippen molar-refractivity contribution in [3.05, 3.63) is 178 Å². The molecule has 15 rings (SSSR count). The predicted octanol–water partition coefficient (Wildman–Crippen LogP) is 13.7. The van der Waals surface area contributed by atoms with Crippen molar-refractivity contribution in [3.63, 3.8) is 0 Å². The highest BCUT2D eigenvalue weighted by atomic mass is 19.4. The topological polar surface area (TPSA) is 268 Å². The van der Waals surface area contributed by atoms with Gasteiger partial charge in [0.1, 0.15) is 50.9 Å². The average molecular weight is 1490 g/mol. The molecule has 6 aliphatic heterocycles. The zero-order chi connectivity index (χ0) is 77.0. The average Bonchev–Trinajstić information content (AvgIpc) is 0.759. The molecule has 3 amide bonds. The molecular formula is C77H78F7N15O9. The molecule has 24 nitrogen and oxygen atoms in total. The van der Waals surface area contributed by atoms with Gasteiger partial charge in [-0.3, -0.25) is 29.3 Å². The number of hydrogen-bond donors (Lipinski definition) is 3. The Morgan fingerprint density at radius 3 is 0.981 bits per heavy atom. The summed E-state index contributed by atoms with van der Waals surface area (Å²) in [5.41, 5.74) is 7.39. The summed E-state index contributed by atoms with van der Waals surface area (Å²) in [5, 5.41) is 34.5. The molecule has 6 aromatic heterocycles. The highest BCUT2D eigenvalue weighted by Gasteiger charge is 2.48. The number of ether oxygens (including phenoxy) is 6. The van der Waals surface area contributed by atoms with Crippen LogP contribution in [0.2, 0.25) is 0 Å². The third-order valence-corrected chi connectivity index (χ3v) is 19.6. The summed E-state index contributed by atoms with van der Waals surface area (Å²) >= 11 is 0. The summed E-state index contributed by atoms with van der Waals surface area (Å²) in [6, 6.07) is 28.9. The van der Waals surface area contributed by atoms with E-state index in [0.29, 0.717) is 98.0 Å².